The molecule has 2 rings (SSSR count). The summed E-state index contributed by atoms with van der Waals surface area (Å²) in [5.41, 5.74) is 0.742. The third kappa shape index (κ3) is 6.21. The Morgan fingerprint density at radius 2 is 1.55 bits per heavy atom. The largest absolute Gasteiger partial charge is 0.452 e. The summed E-state index contributed by atoms with van der Waals surface area (Å²) < 4.78 is 5.48. The van der Waals surface area contributed by atoms with Crippen LogP contribution in [0.2, 0.25) is 0 Å². The van der Waals surface area contributed by atoms with Gasteiger partial charge in [-0.1, -0.05) is 18.2 Å². The Labute approximate surface area is 173 Å². The number of carbonyl (C=O) groups excluding carboxylic acids is 3. The van der Waals surface area contributed by atoms with Gasteiger partial charge in [-0.05, 0) is 59.6 Å². The predicted molar refractivity (Wildman–Crippen MR) is 112 cm³/mol. The number of esters is 1. The Hall–Kier alpha value is -2.57. The first-order valence-corrected chi connectivity index (χ1v) is 10.3. The molecule has 0 saturated carbocycles. The van der Waals surface area contributed by atoms with Gasteiger partial charge in [0.25, 0.3) is 5.91 Å². The van der Waals surface area contributed by atoms with Crippen LogP contribution in [0.25, 0.3) is 0 Å². The van der Waals surface area contributed by atoms with E-state index >= 15 is 0 Å². The molecule has 0 aliphatic carbocycles. The highest BCUT2D eigenvalue weighted by molar-refractivity contribution is 5.89. The minimum Gasteiger partial charge on any atom is -0.452 e. The van der Waals surface area contributed by atoms with Crippen LogP contribution in [0.4, 0.5) is 10.5 Å². The van der Waals surface area contributed by atoms with Crippen molar-refractivity contribution in [2.75, 3.05) is 18.4 Å². The number of likely N-dealkylation sites (tertiary alicyclic amines) is 1. The Morgan fingerprint density at radius 3 is 2.07 bits per heavy atom. The Kier molecular flexibility index (Phi) is 8.05. The van der Waals surface area contributed by atoms with E-state index in [4.69, 9.17) is 4.74 Å². The number of amides is 3. The molecule has 0 aromatic heterocycles. The number of hydrogen-bond acceptors (Lipinski definition) is 4. The predicted octanol–water partition coefficient (Wildman–Crippen LogP) is 3.51. The average Bonchev–Trinajstić information content (AvgIpc) is 2.68. The second-order valence-electron chi connectivity index (χ2n) is 8.07. The molecule has 0 bridgehead atoms. The molecule has 0 unspecified atom stereocenters. The van der Waals surface area contributed by atoms with E-state index in [-0.39, 0.29) is 35.9 Å². The number of benzene rings is 1. The van der Waals surface area contributed by atoms with E-state index in [0.717, 1.165) is 5.69 Å². The summed E-state index contributed by atoms with van der Waals surface area (Å²) in [6.07, 6.45) is 0.242. The molecule has 1 aliphatic rings. The molecule has 1 aliphatic heterocycles. The quantitative estimate of drug-likeness (QED) is 0.737. The number of carbonyl (C=O) groups is 3. The lowest BCUT2D eigenvalue weighted by atomic mass is 9.97. The van der Waals surface area contributed by atoms with Crippen molar-refractivity contribution in [1.29, 1.82) is 0 Å². The zero-order valence-corrected chi connectivity index (χ0v) is 18.1. The van der Waals surface area contributed by atoms with Gasteiger partial charge in [-0.2, -0.15) is 0 Å². The van der Waals surface area contributed by atoms with Gasteiger partial charge in [0.2, 0.25) is 0 Å². The van der Waals surface area contributed by atoms with Crippen LogP contribution in [0.15, 0.2) is 30.3 Å². The normalized spacial score (nSPS) is 15.9. The van der Waals surface area contributed by atoms with Gasteiger partial charge in [-0.3, -0.25) is 9.59 Å². The molecular formula is C22H33N3O4. The maximum absolute atomic E-state index is 12.6. The van der Waals surface area contributed by atoms with Crippen LogP contribution in [0.1, 0.15) is 47.5 Å². The highest BCUT2D eigenvalue weighted by Crippen LogP contribution is 2.21. The molecule has 1 aromatic carbocycles. The van der Waals surface area contributed by atoms with Crippen molar-refractivity contribution in [2.24, 2.45) is 5.92 Å². The third-order valence-electron chi connectivity index (χ3n) is 5.15. The van der Waals surface area contributed by atoms with Crippen molar-refractivity contribution in [3.8, 4) is 0 Å². The van der Waals surface area contributed by atoms with Gasteiger partial charge in [0, 0.05) is 30.9 Å². The van der Waals surface area contributed by atoms with E-state index in [1.165, 1.54) is 0 Å². The van der Waals surface area contributed by atoms with Crippen molar-refractivity contribution >= 4 is 23.6 Å². The molecule has 160 valence electrons. The van der Waals surface area contributed by atoms with E-state index in [1.807, 2.05) is 58.0 Å². The molecule has 7 nitrogen and oxygen atoms in total. The smallest absolute Gasteiger partial charge is 0.321 e. The molecule has 3 amide bonds. The summed E-state index contributed by atoms with van der Waals surface area (Å²) in [5.74, 6) is -0.831. The lowest BCUT2D eigenvalue weighted by Gasteiger charge is -2.34. The highest BCUT2D eigenvalue weighted by Gasteiger charge is 2.32. The second kappa shape index (κ2) is 10.3. The summed E-state index contributed by atoms with van der Waals surface area (Å²) in [6, 6.07) is 9.18. The summed E-state index contributed by atoms with van der Waals surface area (Å²) in [4.78, 5) is 41.0. The molecule has 1 atom stereocenters. The Balaban J connectivity index is 1.83. The van der Waals surface area contributed by atoms with Gasteiger partial charge in [-0.15, -0.1) is 0 Å². The topological polar surface area (TPSA) is 79.0 Å². The van der Waals surface area contributed by atoms with Crippen molar-refractivity contribution in [3.63, 3.8) is 0 Å². The minimum absolute atomic E-state index is 0.0371. The first kappa shape index (κ1) is 22.7. The zero-order valence-electron chi connectivity index (χ0n) is 18.1. The molecule has 1 heterocycles. The van der Waals surface area contributed by atoms with Gasteiger partial charge >= 0.3 is 12.0 Å². The molecule has 1 saturated heterocycles. The highest BCUT2D eigenvalue weighted by atomic mass is 16.5. The number of anilines is 1. The number of rotatable bonds is 6. The van der Waals surface area contributed by atoms with Crippen molar-refractivity contribution in [1.82, 2.24) is 9.80 Å². The SMILES string of the molecule is CC(C)N(C(=O)[C@H](C)OC(=O)C1CCN(C(=O)Nc2ccccc2)CC1)C(C)C. The zero-order chi connectivity index (χ0) is 21.6. The molecule has 7 heteroatoms. The van der Waals surface area contributed by atoms with Gasteiger partial charge in [-0.25, -0.2) is 4.79 Å². The molecule has 1 aromatic rings. The number of para-hydroxylation sites is 1. The number of urea groups is 1. The van der Waals surface area contributed by atoms with Gasteiger partial charge in [0.1, 0.15) is 0 Å². The maximum atomic E-state index is 12.6. The Morgan fingerprint density at radius 1 is 1.00 bits per heavy atom. The van der Waals surface area contributed by atoms with Crippen LogP contribution in [0, 0.1) is 5.92 Å². The number of hydrogen-bond donors (Lipinski definition) is 1. The lowest BCUT2D eigenvalue weighted by Crippen LogP contribution is -2.48. The first-order chi connectivity index (χ1) is 13.7. The maximum Gasteiger partial charge on any atom is 0.321 e. The number of nitrogens with one attached hydrogen (secondary N) is 1. The molecule has 0 spiro atoms. The van der Waals surface area contributed by atoms with Crippen molar-refractivity contribution in [2.45, 2.75) is 65.6 Å². The molecule has 29 heavy (non-hydrogen) atoms. The van der Waals surface area contributed by atoms with Crippen LogP contribution in [0.3, 0.4) is 0 Å². The van der Waals surface area contributed by atoms with Crippen molar-refractivity contribution in [3.05, 3.63) is 30.3 Å². The minimum atomic E-state index is -0.813. The molecular weight excluding hydrogens is 370 g/mol. The van der Waals surface area contributed by atoms with E-state index < -0.39 is 6.10 Å². The number of nitrogens with zero attached hydrogens (tertiary/aromatic N) is 2. The van der Waals surface area contributed by atoms with Crippen LogP contribution in [-0.4, -0.2) is 59.0 Å². The fraction of sp³-hybridized carbons (Fsp3) is 0.591. The summed E-state index contributed by atoms with van der Waals surface area (Å²) >= 11 is 0. The molecule has 1 N–H and O–H groups in total. The summed E-state index contributed by atoms with van der Waals surface area (Å²) in [5, 5.41) is 2.86. The Bertz CT molecular complexity index is 689. The fourth-order valence-corrected chi connectivity index (χ4v) is 3.68. The standard InChI is InChI=1S/C22H33N3O4/c1-15(2)25(16(3)4)20(26)17(5)29-21(27)18-11-13-24(14-12-18)22(28)23-19-9-7-6-8-10-19/h6-10,15-18H,11-14H2,1-5H3,(H,23,28)/t17-/m0/s1. The van der Waals surface area contributed by atoms with Gasteiger partial charge < -0.3 is 19.9 Å². The monoisotopic (exact) mass is 403 g/mol. The number of piperidine rings is 1. The van der Waals surface area contributed by atoms with Gasteiger partial charge in [0.05, 0.1) is 5.92 Å². The van der Waals surface area contributed by atoms with Crippen LogP contribution in [-0.2, 0) is 14.3 Å². The first-order valence-electron chi connectivity index (χ1n) is 10.3. The second-order valence-corrected chi connectivity index (χ2v) is 8.07. The fourth-order valence-electron chi connectivity index (χ4n) is 3.68. The van der Waals surface area contributed by atoms with Crippen LogP contribution >= 0.6 is 0 Å². The van der Waals surface area contributed by atoms with E-state index in [1.54, 1.807) is 16.7 Å². The summed E-state index contributed by atoms with van der Waals surface area (Å²) in [7, 11) is 0. The van der Waals surface area contributed by atoms with Crippen molar-refractivity contribution < 1.29 is 19.1 Å². The van der Waals surface area contributed by atoms with Crippen LogP contribution in [0.5, 0.6) is 0 Å². The van der Waals surface area contributed by atoms with E-state index in [0.29, 0.717) is 25.9 Å². The van der Waals surface area contributed by atoms with Gasteiger partial charge in [0.15, 0.2) is 6.10 Å². The number of ether oxygens (including phenoxy) is 1. The van der Waals surface area contributed by atoms with E-state index in [2.05, 4.69) is 5.32 Å². The average molecular weight is 404 g/mol. The third-order valence-corrected chi connectivity index (χ3v) is 5.15. The molecule has 1 fully saturated rings. The lowest BCUT2D eigenvalue weighted by molar-refractivity contribution is -0.165. The summed E-state index contributed by atoms with van der Waals surface area (Å²) in [6.45, 7) is 10.4. The van der Waals surface area contributed by atoms with Crippen LogP contribution < -0.4 is 5.32 Å². The molecule has 0 radical (unpaired) electrons. The van der Waals surface area contributed by atoms with E-state index in [9.17, 15) is 14.4 Å².